The molecule has 0 aromatic heterocycles. The summed E-state index contributed by atoms with van der Waals surface area (Å²) in [5.74, 6) is -0.523. The molecule has 3 rings (SSSR count). The van der Waals surface area contributed by atoms with E-state index in [1.165, 1.54) is 0 Å². The molecule has 0 radical (unpaired) electrons. The maximum atomic E-state index is 11.9. The molecule has 1 aliphatic heterocycles. The Morgan fingerprint density at radius 3 is 2.29 bits per heavy atom. The molecule has 0 unspecified atom stereocenters. The third-order valence-corrected chi connectivity index (χ3v) is 3.69. The first-order valence-electron chi connectivity index (χ1n) is 6.17. The van der Waals surface area contributed by atoms with Gasteiger partial charge in [-0.1, -0.05) is 64.8 Å². The molecule has 0 aliphatic carbocycles. The van der Waals surface area contributed by atoms with Crippen LogP contribution in [0.1, 0.15) is 11.1 Å². The molecule has 5 heteroatoms. The average Bonchev–Trinajstić information content (AvgIpc) is 2.85. The van der Waals surface area contributed by atoms with Crippen molar-refractivity contribution in [3.8, 4) is 0 Å². The van der Waals surface area contributed by atoms with Crippen molar-refractivity contribution in [1.29, 1.82) is 0 Å². The van der Waals surface area contributed by atoms with Gasteiger partial charge in [0.1, 0.15) is 5.71 Å². The van der Waals surface area contributed by atoms with Crippen LogP contribution in [0.15, 0.2) is 59.3 Å². The molecule has 2 aromatic rings. The normalized spacial score (nSPS) is 16.0. The van der Waals surface area contributed by atoms with Gasteiger partial charge in [-0.05, 0) is 18.2 Å². The SMILES string of the molecule is O=C1ON=C(c2ccccc2)/C1=C/c1c(Cl)cccc1Cl. The Hall–Kier alpha value is -2.10. The van der Waals surface area contributed by atoms with Crippen LogP contribution in [0.2, 0.25) is 10.0 Å². The molecule has 3 nitrogen and oxygen atoms in total. The van der Waals surface area contributed by atoms with E-state index in [0.717, 1.165) is 5.56 Å². The highest BCUT2D eigenvalue weighted by atomic mass is 35.5. The van der Waals surface area contributed by atoms with E-state index in [4.69, 9.17) is 28.0 Å². The van der Waals surface area contributed by atoms with Crippen LogP contribution in [-0.2, 0) is 9.63 Å². The molecule has 0 amide bonds. The third kappa shape index (κ3) is 2.71. The number of nitrogens with zero attached hydrogens (tertiary/aromatic N) is 1. The number of benzene rings is 2. The molecule has 1 heterocycles. The van der Waals surface area contributed by atoms with E-state index in [0.29, 0.717) is 26.9 Å². The Bertz CT molecular complexity index is 747. The number of rotatable bonds is 2. The molecular formula is C16H9Cl2NO2. The second-order valence-corrected chi connectivity index (χ2v) is 5.19. The molecule has 1 aliphatic rings. The second-order valence-electron chi connectivity index (χ2n) is 4.38. The fourth-order valence-electron chi connectivity index (χ4n) is 2.01. The molecule has 0 saturated heterocycles. The number of carbonyl (C=O) groups is 1. The first-order chi connectivity index (χ1) is 10.2. The van der Waals surface area contributed by atoms with Crippen molar-refractivity contribution in [1.82, 2.24) is 0 Å². The molecule has 104 valence electrons. The minimum Gasteiger partial charge on any atom is -0.312 e. The van der Waals surface area contributed by atoms with Crippen molar-refractivity contribution in [2.75, 3.05) is 0 Å². The summed E-state index contributed by atoms with van der Waals surface area (Å²) in [4.78, 5) is 16.7. The molecule has 2 aromatic carbocycles. The van der Waals surface area contributed by atoms with Gasteiger partial charge in [-0.15, -0.1) is 0 Å². The molecule has 0 atom stereocenters. The predicted octanol–water partition coefficient (Wildman–Crippen LogP) is 4.34. The van der Waals surface area contributed by atoms with Crippen LogP contribution in [0.4, 0.5) is 0 Å². The summed E-state index contributed by atoms with van der Waals surface area (Å²) in [5.41, 5.74) is 2.16. The topological polar surface area (TPSA) is 38.7 Å². The zero-order valence-corrected chi connectivity index (χ0v) is 12.2. The van der Waals surface area contributed by atoms with Crippen LogP contribution in [0.3, 0.4) is 0 Å². The fraction of sp³-hybridized carbons (Fsp3) is 0. The summed E-state index contributed by atoms with van der Waals surface area (Å²) in [6, 6.07) is 14.5. The Labute approximate surface area is 131 Å². The monoisotopic (exact) mass is 317 g/mol. The van der Waals surface area contributed by atoms with E-state index < -0.39 is 5.97 Å². The van der Waals surface area contributed by atoms with Crippen LogP contribution < -0.4 is 0 Å². The van der Waals surface area contributed by atoms with Gasteiger partial charge in [0.15, 0.2) is 0 Å². The quantitative estimate of drug-likeness (QED) is 0.610. The number of oxime groups is 1. The van der Waals surface area contributed by atoms with E-state index in [9.17, 15) is 4.79 Å². The standard InChI is InChI=1S/C16H9Cl2NO2/c17-13-7-4-8-14(18)11(13)9-12-15(19-21-16(12)20)10-5-2-1-3-6-10/h1-9H/b12-9-. The van der Waals surface area contributed by atoms with Gasteiger partial charge in [0, 0.05) is 21.2 Å². The first-order valence-corrected chi connectivity index (χ1v) is 6.93. The maximum absolute atomic E-state index is 11.9. The van der Waals surface area contributed by atoms with Crippen molar-refractivity contribution >= 4 is 41.0 Å². The van der Waals surface area contributed by atoms with E-state index >= 15 is 0 Å². The fourth-order valence-corrected chi connectivity index (χ4v) is 2.51. The van der Waals surface area contributed by atoms with E-state index in [-0.39, 0.29) is 0 Å². The lowest BCUT2D eigenvalue weighted by Gasteiger charge is -2.04. The van der Waals surface area contributed by atoms with Gasteiger partial charge in [0.25, 0.3) is 0 Å². The highest BCUT2D eigenvalue weighted by Crippen LogP contribution is 2.29. The lowest BCUT2D eigenvalue weighted by Crippen LogP contribution is -2.06. The van der Waals surface area contributed by atoms with E-state index in [1.807, 2.05) is 30.3 Å². The lowest BCUT2D eigenvalue weighted by molar-refractivity contribution is -0.136. The first kappa shape index (κ1) is 13.9. The molecule has 0 saturated carbocycles. The number of halogens is 2. The summed E-state index contributed by atoms with van der Waals surface area (Å²) < 4.78 is 0. The van der Waals surface area contributed by atoms with Crippen molar-refractivity contribution in [2.24, 2.45) is 5.16 Å². The molecule has 0 N–H and O–H groups in total. The van der Waals surface area contributed by atoms with Gasteiger partial charge in [-0.3, -0.25) is 0 Å². The maximum Gasteiger partial charge on any atom is 0.368 e. The van der Waals surface area contributed by atoms with E-state index in [2.05, 4.69) is 5.16 Å². The van der Waals surface area contributed by atoms with Crippen molar-refractivity contribution in [3.05, 3.63) is 75.3 Å². The third-order valence-electron chi connectivity index (χ3n) is 3.03. The Kier molecular flexibility index (Phi) is 3.78. The number of hydrogen-bond donors (Lipinski definition) is 0. The van der Waals surface area contributed by atoms with Crippen molar-refractivity contribution < 1.29 is 9.63 Å². The molecule has 0 bridgehead atoms. The van der Waals surface area contributed by atoms with Gasteiger partial charge in [-0.2, -0.15) is 0 Å². The minimum absolute atomic E-state index is 0.330. The Morgan fingerprint density at radius 2 is 1.62 bits per heavy atom. The van der Waals surface area contributed by atoms with Gasteiger partial charge < -0.3 is 4.84 Å². The minimum atomic E-state index is -0.523. The van der Waals surface area contributed by atoms with Crippen molar-refractivity contribution in [2.45, 2.75) is 0 Å². The molecule has 0 fully saturated rings. The van der Waals surface area contributed by atoms with Crippen LogP contribution in [0, 0.1) is 0 Å². The van der Waals surface area contributed by atoms with E-state index in [1.54, 1.807) is 24.3 Å². The molecular weight excluding hydrogens is 309 g/mol. The zero-order chi connectivity index (χ0) is 14.8. The molecule has 21 heavy (non-hydrogen) atoms. The average molecular weight is 318 g/mol. The summed E-state index contributed by atoms with van der Waals surface area (Å²) in [6.45, 7) is 0. The summed E-state index contributed by atoms with van der Waals surface area (Å²) in [6.07, 6.45) is 1.60. The molecule has 0 spiro atoms. The van der Waals surface area contributed by atoms with Gasteiger partial charge >= 0.3 is 5.97 Å². The largest absolute Gasteiger partial charge is 0.368 e. The number of carbonyl (C=O) groups excluding carboxylic acids is 1. The number of hydrogen-bond acceptors (Lipinski definition) is 3. The zero-order valence-electron chi connectivity index (χ0n) is 10.7. The van der Waals surface area contributed by atoms with Gasteiger partial charge in [0.2, 0.25) is 0 Å². The predicted molar refractivity (Wildman–Crippen MR) is 83.5 cm³/mol. The van der Waals surface area contributed by atoms with Crippen LogP contribution in [0.5, 0.6) is 0 Å². The van der Waals surface area contributed by atoms with Crippen LogP contribution >= 0.6 is 23.2 Å². The Morgan fingerprint density at radius 1 is 0.952 bits per heavy atom. The smallest absolute Gasteiger partial charge is 0.312 e. The summed E-state index contributed by atoms with van der Waals surface area (Å²) >= 11 is 12.3. The highest BCUT2D eigenvalue weighted by Gasteiger charge is 2.27. The lowest BCUT2D eigenvalue weighted by atomic mass is 10.0. The van der Waals surface area contributed by atoms with Gasteiger partial charge in [0.05, 0.1) is 5.57 Å². The van der Waals surface area contributed by atoms with Crippen molar-refractivity contribution in [3.63, 3.8) is 0 Å². The summed E-state index contributed by atoms with van der Waals surface area (Å²) in [5, 5.41) is 4.76. The second kappa shape index (κ2) is 5.72. The highest BCUT2D eigenvalue weighted by molar-refractivity contribution is 6.38. The van der Waals surface area contributed by atoms with Crippen LogP contribution in [0.25, 0.3) is 6.08 Å². The van der Waals surface area contributed by atoms with Gasteiger partial charge in [-0.25, -0.2) is 4.79 Å². The van der Waals surface area contributed by atoms with Crippen LogP contribution in [-0.4, -0.2) is 11.7 Å². The Balaban J connectivity index is 2.10. The summed E-state index contributed by atoms with van der Waals surface area (Å²) in [7, 11) is 0.